The third-order valence-corrected chi connectivity index (χ3v) is 3.74. The molecule has 2 heterocycles. The summed E-state index contributed by atoms with van der Waals surface area (Å²) in [5, 5.41) is 6.50. The van der Waals surface area contributed by atoms with Gasteiger partial charge in [-0.15, -0.1) is 0 Å². The average molecular weight is 240 g/mol. The Labute approximate surface area is 103 Å². The first-order valence-electron chi connectivity index (χ1n) is 6.83. The lowest BCUT2D eigenvalue weighted by molar-refractivity contribution is -0.126. The summed E-state index contributed by atoms with van der Waals surface area (Å²) in [5.41, 5.74) is -0.163. The fraction of sp³-hybridized carbons (Fsp3) is 0.923. The number of rotatable bonds is 2. The van der Waals surface area contributed by atoms with Crippen molar-refractivity contribution in [1.82, 2.24) is 10.6 Å². The molecule has 0 bridgehead atoms. The van der Waals surface area contributed by atoms with Gasteiger partial charge in [-0.05, 0) is 39.2 Å². The Morgan fingerprint density at radius 2 is 2.24 bits per heavy atom. The molecule has 4 heteroatoms. The SMILES string of the molecule is CC1(NC(=O)C2CCCCCN2)CCCOC1. The van der Waals surface area contributed by atoms with Gasteiger partial charge in [0, 0.05) is 6.61 Å². The summed E-state index contributed by atoms with van der Waals surface area (Å²) in [4.78, 5) is 12.2. The van der Waals surface area contributed by atoms with Gasteiger partial charge in [0.05, 0.1) is 18.2 Å². The topological polar surface area (TPSA) is 50.4 Å². The second-order valence-electron chi connectivity index (χ2n) is 5.56. The number of hydrogen-bond acceptors (Lipinski definition) is 3. The molecule has 2 aliphatic rings. The van der Waals surface area contributed by atoms with E-state index in [2.05, 4.69) is 17.6 Å². The van der Waals surface area contributed by atoms with E-state index < -0.39 is 0 Å². The molecule has 0 aromatic rings. The zero-order valence-corrected chi connectivity index (χ0v) is 10.8. The summed E-state index contributed by atoms with van der Waals surface area (Å²) in [6.45, 7) is 4.52. The quantitative estimate of drug-likeness (QED) is 0.762. The van der Waals surface area contributed by atoms with Crippen LogP contribution in [0.2, 0.25) is 0 Å². The molecule has 0 aliphatic carbocycles. The maximum atomic E-state index is 12.2. The maximum absolute atomic E-state index is 12.2. The Balaban J connectivity index is 1.86. The summed E-state index contributed by atoms with van der Waals surface area (Å²) in [5.74, 6) is 0.153. The van der Waals surface area contributed by atoms with Gasteiger partial charge in [-0.2, -0.15) is 0 Å². The molecule has 2 atom stereocenters. The Hall–Kier alpha value is -0.610. The van der Waals surface area contributed by atoms with Crippen LogP contribution in [-0.2, 0) is 9.53 Å². The van der Waals surface area contributed by atoms with Gasteiger partial charge in [0.15, 0.2) is 0 Å². The second kappa shape index (κ2) is 5.83. The standard InChI is InChI=1S/C13H24N2O2/c1-13(7-5-9-17-10-13)15-12(16)11-6-3-2-4-8-14-11/h11,14H,2-10H2,1H3,(H,15,16). The lowest BCUT2D eigenvalue weighted by Gasteiger charge is -2.35. The maximum Gasteiger partial charge on any atom is 0.237 e. The van der Waals surface area contributed by atoms with Crippen molar-refractivity contribution in [3.05, 3.63) is 0 Å². The van der Waals surface area contributed by atoms with E-state index in [1.54, 1.807) is 0 Å². The molecule has 17 heavy (non-hydrogen) atoms. The molecule has 4 nitrogen and oxygen atoms in total. The van der Waals surface area contributed by atoms with Crippen LogP contribution in [0, 0.1) is 0 Å². The fourth-order valence-corrected chi connectivity index (χ4v) is 2.67. The number of carbonyl (C=O) groups excluding carboxylic acids is 1. The number of carbonyl (C=O) groups is 1. The van der Waals surface area contributed by atoms with Crippen LogP contribution in [0.15, 0.2) is 0 Å². The lowest BCUT2D eigenvalue weighted by atomic mass is 9.94. The molecule has 2 saturated heterocycles. The van der Waals surface area contributed by atoms with Crippen LogP contribution in [0.1, 0.15) is 45.4 Å². The normalized spacial score (nSPS) is 35.0. The van der Waals surface area contributed by atoms with Crippen LogP contribution in [0.4, 0.5) is 0 Å². The van der Waals surface area contributed by atoms with E-state index >= 15 is 0 Å². The summed E-state index contributed by atoms with van der Waals surface area (Å²) in [7, 11) is 0. The Bertz CT molecular complexity index is 254. The highest BCUT2D eigenvalue weighted by atomic mass is 16.5. The van der Waals surface area contributed by atoms with Crippen LogP contribution in [0.3, 0.4) is 0 Å². The molecule has 1 amide bonds. The van der Waals surface area contributed by atoms with Crippen molar-refractivity contribution in [2.45, 2.75) is 57.0 Å². The highest BCUT2D eigenvalue weighted by molar-refractivity contribution is 5.82. The molecule has 2 rings (SSSR count). The van der Waals surface area contributed by atoms with Gasteiger partial charge in [-0.3, -0.25) is 4.79 Å². The first-order chi connectivity index (χ1) is 8.20. The molecule has 0 aromatic carbocycles. The molecule has 0 spiro atoms. The largest absolute Gasteiger partial charge is 0.379 e. The van der Waals surface area contributed by atoms with E-state index in [1.807, 2.05) is 0 Å². The van der Waals surface area contributed by atoms with E-state index in [-0.39, 0.29) is 17.5 Å². The van der Waals surface area contributed by atoms with Gasteiger partial charge in [0.1, 0.15) is 0 Å². The van der Waals surface area contributed by atoms with Gasteiger partial charge in [-0.1, -0.05) is 12.8 Å². The van der Waals surface area contributed by atoms with Gasteiger partial charge in [-0.25, -0.2) is 0 Å². The number of hydrogen-bond donors (Lipinski definition) is 2. The molecule has 0 aromatic heterocycles. The first-order valence-corrected chi connectivity index (χ1v) is 6.83. The minimum Gasteiger partial charge on any atom is -0.379 e. The molecule has 2 fully saturated rings. The van der Waals surface area contributed by atoms with Gasteiger partial charge in [0.2, 0.25) is 5.91 Å². The van der Waals surface area contributed by atoms with Crippen LogP contribution in [0.25, 0.3) is 0 Å². The third kappa shape index (κ3) is 3.68. The van der Waals surface area contributed by atoms with E-state index in [9.17, 15) is 4.79 Å². The zero-order valence-electron chi connectivity index (χ0n) is 10.8. The van der Waals surface area contributed by atoms with Crippen molar-refractivity contribution >= 4 is 5.91 Å². The molecule has 2 aliphatic heterocycles. The molecule has 0 saturated carbocycles. The lowest BCUT2D eigenvalue weighted by Crippen LogP contribution is -2.56. The third-order valence-electron chi connectivity index (χ3n) is 3.74. The summed E-state index contributed by atoms with van der Waals surface area (Å²) < 4.78 is 5.46. The molecule has 98 valence electrons. The van der Waals surface area contributed by atoms with E-state index in [0.717, 1.165) is 38.8 Å². The molecule has 0 radical (unpaired) electrons. The Kier molecular flexibility index (Phi) is 4.40. The van der Waals surface area contributed by atoms with E-state index in [0.29, 0.717) is 6.61 Å². The first kappa shape index (κ1) is 12.8. The van der Waals surface area contributed by atoms with Crippen molar-refractivity contribution in [2.75, 3.05) is 19.8 Å². The predicted octanol–water partition coefficient (Wildman–Crippen LogP) is 1.20. The van der Waals surface area contributed by atoms with Crippen molar-refractivity contribution < 1.29 is 9.53 Å². The van der Waals surface area contributed by atoms with Crippen molar-refractivity contribution in [3.63, 3.8) is 0 Å². The molecule has 2 unspecified atom stereocenters. The van der Waals surface area contributed by atoms with Crippen molar-refractivity contribution in [3.8, 4) is 0 Å². The highest BCUT2D eigenvalue weighted by Crippen LogP contribution is 2.19. The van der Waals surface area contributed by atoms with Gasteiger partial charge in [0.25, 0.3) is 0 Å². The number of amides is 1. The predicted molar refractivity (Wildman–Crippen MR) is 66.9 cm³/mol. The van der Waals surface area contributed by atoms with Crippen LogP contribution in [0.5, 0.6) is 0 Å². The van der Waals surface area contributed by atoms with Crippen LogP contribution >= 0.6 is 0 Å². The fourth-order valence-electron chi connectivity index (χ4n) is 2.67. The van der Waals surface area contributed by atoms with Gasteiger partial charge >= 0.3 is 0 Å². The van der Waals surface area contributed by atoms with Crippen LogP contribution < -0.4 is 10.6 Å². The molecule has 2 N–H and O–H groups in total. The zero-order chi connectivity index (χ0) is 12.1. The molecular weight excluding hydrogens is 216 g/mol. The highest BCUT2D eigenvalue weighted by Gasteiger charge is 2.31. The average Bonchev–Trinajstić information content (AvgIpc) is 2.57. The molecular formula is C13H24N2O2. The number of ether oxygens (including phenoxy) is 1. The Morgan fingerprint density at radius 3 is 3.00 bits per heavy atom. The number of nitrogens with one attached hydrogen (secondary N) is 2. The minimum absolute atomic E-state index is 0.00347. The smallest absolute Gasteiger partial charge is 0.237 e. The van der Waals surface area contributed by atoms with Crippen molar-refractivity contribution in [1.29, 1.82) is 0 Å². The van der Waals surface area contributed by atoms with E-state index in [4.69, 9.17) is 4.74 Å². The summed E-state index contributed by atoms with van der Waals surface area (Å²) >= 11 is 0. The van der Waals surface area contributed by atoms with E-state index in [1.165, 1.54) is 12.8 Å². The minimum atomic E-state index is -0.163. The summed E-state index contributed by atoms with van der Waals surface area (Å²) in [6, 6.07) is -0.00347. The Morgan fingerprint density at radius 1 is 1.35 bits per heavy atom. The van der Waals surface area contributed by atoms with Crippen molar-refractivity contribution in [2.24, 2.45) is 0 Å². The summed E-state index contributed by atoms with van der Waals surface area (Å²) in [6.07, 6.45) is 6.59. The second-order valence-corrected chi connectivity index (χ2v) is 5.56. The van der Waals surface area contributed by atoms with Gasteiger partial charge < -0.3 is 15.4 Å². The van der Waals surface area contributed by atoms with Crippen LogP contribution in [-0.4, -0.2) is 37.2 Å². The monoisotopic (exact) mass is 240 g/mol.